The minimum absolute atomic E-state index is 0.0422. The van der Waals surface area contributed by atoms with Gasteiger partial charge in [0.05, 0.1) is 6.61 Å². The molecule has 6 nitrogen and oxygen atoms in total. The summed E-state index contributed by atoms with van der Waals surface area (Å²) in [6.07, 6.45) is 0.939. The highest BCUT2D eigenvalue weighted by Crippen LogP contribution is 2.25. The van der Waals surface area contributed by atoms with E-state index < -0.39 is 0 Å². The van der Waals surface area contributed by atoms with Crippen LogP contribution in [-0.2, 0) is 16.1 Å². The van der Waals surface area contributed by atoms with Crippen LogP contribution < -0.4 is 5.32 Å². The van der Waals surface area contributed by atoms with E-state index in [9.17, 15) is 4.79 Å². The second kappa shape index (κ2) is 6.05. The Labute approximate surface area is 122 Å². The van der Waals surface area contributed by atoms with Crippen LogP contribution in [0.15, 0.2) is 28.8 Å². The third-order valence-electron chi connectivity index (χ3n) is 3.48. The first kappa shape index (κ1) is 13.8. The fraction of sp³-hybridized carbons (Fsp3) is 0.400. The third-order valence-corrected chi connectivity index (χ3v) is 3.48. The van der Waals surface area contributed by atoms with Crippen molar-refractivity contribution in [3.8, 4) is 11.5 Å². The zero-order valence-electron chi connectivity index (χ0n) is 11.8. The molecule has 110 valence electrons. The predicted octanol–water partition coefficient (Wildman–Crippen LogP) is 1.88. The molecule has 0 unspecified atom stereocenters. The number of hydrogen-bond acceptors (Lipinski definition) is 5. The van der Waals surface area contributed by atoms with E-state index in [1.165, 1.54) is 6.92 Å². The van der Waals surface area contributed by atoms with Crippen LogP contribution in [0.1, 0.15) is 30.7 Å². The fourth-order valence-electron chi connectivity index (χ4n) is 2.25. The van der Waals surface area contributed by atoms with Crippen molar-refractivity contribution in [2.45, 2.75) is 25.8 Å². The lowest BCUT2D eigenvalue weighted by Crippen LogP contribution is -2.18. The molecule has 1 amide bonds. The second-order valence-corrected chi connectivity index (χ2v) is 5.12. The predicted molar refractivity (Wildman–Crippen MR) is 75.4 cm³/mol. The van der Waals surface area contributed by atoms with Crippen molar-refractivity contribution in [3.05, 3.63) is 35.7 Å². The number of ether oxygens (including phenoxy) is 1. The average Bonchev–Trinajstić information content (AvgIpc) is 3.16. The first-order valence-corrected chi connectivity index (χ1v) is 6.97. The lowest BCUT2D eigenvalue weighted by molar-refractivity contribution is -0.119. The van der Waals surface area contributed by atoms with E-state index in [0.717, 1.165) is 24.2 Å². The maximum Gasteiger partial charge on any atom is 0.257 e. The Bertz CT molecular complexity index is 615. The monoisotopic (exact) mass is 287 g/mol. The molecule has 3 rings (SSSR count). The number of rotatable bonds is 4. The van der Waals surface area contributed by atoms with Gasteiger partial charge in [-0.3, -0.25) is 4.79 Å². The molecule has 0 bridgehead atoms. The van der Waals surface area contributed by atoms with Gasteiger partial charge in [0.1, 0.15) is 0 Å². The van der Waals surface area contributed by atoms with E-state index in [1.807, 2.05) is 24.3 Å². The van der Waals surface area contributed by atoms with E-state index in [-0.39, 0.29) is 11.8 Å². The van der Waals surface area contributed by atoms with Gasteiger partial charge in [-0.1, -0.05) is 17.3 Å². The van der Waals surface area contributed by atoms with E-state index in [0.29, 0.717) is 24.9 Å². The number of aromatic nitrogens is 2. The molecular weight excluding hydrogens is 270 g/mol. The zero-order valence-corrected chi connectivity index (χ0v) is 11.8. The van der Waals surface area contributed by atoms with Crippen LogP contribution in [0.4, 0.5) is 0 Å². The van der Waals surface area contributed by atoms with Crippen molar-refractivity contribution in [2.75, 3.05) is 13.2 Å². The van der Waals surface area contributed by atoms with Gasteiger partial charge in [-0.25, -0.2) is 0 Å². The molecule has 21 heavy (non-hydrogen) atoms. The zero-order chi connectivity index (χ0) is 14.7. The normalized spacial score (nSPS) is 17.9. The molecule has 1 aliphatic rings. The van der Waals surface area contributed by atoms with E-state index in [4.69, 9.17) is 9.26 Å². The molecule has 1 fully saturated rings. The van der Waals surface area contributed by atoms with Gasteiger partial charge in [0.15, 0.2) is 5.82 Å². The Morgan fingerprint density at radius 2 is 2.19 bits per heavy atom. The second-order valence-electron chi connectivity index (χ2n) is 5.12. The molecule has 0 aliphatic carbocycles. The maximum absolute atomic E-state index is 10.9. The molecule has 2 aromatic rings. The molecule has 1 aliphatic heterocycles. The topological polar surface area (TPSA) is 77.2 Å². The number of carbonyl (C=O) groups excluding carboxylic acids is 1. The van der Waals surface area contributed by atoms with Gasteiger partial charge in [-0.05, 0) is 24.1 Å². The van der Waals surface area contributed by atoms with Crippen LogP contribution in [0.3, 0.4) is 0 Å². The van der Waals surface area contributed by atoms with Gasteiger partial charge in [-0.15, -0.1) is 0 Å². The molecule has 0 spiro atoms. The van der Waals surface area contributed by atoms with Gasteiger partial charge in [0.25, 0.3) is 5.89 Å². The molecule has 2 heterocycles. The summed E-state index contributed by atoms with van der Waals surface area (Å²) in [6.45, 7) is 3.44. The molecule has 1 N–H and O–H groups in total. The van der Waals surface area contributed by atoms with E-state index >= 15 is 0 Å². The third kappa shape index (κ3) is 3.28. The summed E-state index contributed by atoms with van der Waals surface area (Å²) >= 11 is 0. The van der Waals surface area contributed by atoms with Crippen LogP contribution in [0.5, 0.6) is 0 Å². The summed E-state index contributed by atoms with van der Waals surface area (Å²) in [4.78, 5) is 15.3. The van der Waals surface area contributed by atoms with Crippen LogP contribution in [0, 0.1) is 0 Å². The average molecular weight is 287 g/mol. The number of nitrogens with zero attached hydrogens (tertiary/aromatic N) is 2. The Balaban J connectivity index is 1.70. The number of nitrogens with one attached hydrogen (secondary N) is 1. The highest BCUT2D eigenvalue weighted by atomic mass is 16.5. The number of hydrogen-bond donors (Lipinski definition) is 1. The summed E-state index contributed by atoms with van der Waals surface area (Å²) in [6, 6.07) is 7.71. The molecule has 1 aromatic heterocycles. The van der Waals surface area contributed by atoms with Gasteiger partial charge in [0.2, 0.25) is 5.91 Å². The highest BCUT2D eigenvalue weighted by Gasteiger charge is 2.23. The minimum Gasteiger partial charge on any atom is -0.381 e. The van der Waals surface area contributed by atoms with Crippen molar-refractivity contribution in [1.82, 2.24) is 15.5 Å². The Morgan fingerprint density at radius 1 is 1.38 bits per heavy atom. The van der Waals surface area contributed by atoms with Gasteiger partial charge in [-0.2, -0.15) is 4.98 Å². The summed E-state index contributed by atoms with van der Waals surface area (Å²) in [5, 5.41) is 6.79. The Kier molecular flexibility index (Phi) is 3.96. The Hall–Kier alpha value is -2.21. The molecule has 1 saturated heterocycles. The minimum atomic E-state index is -0.0422. The van der Waals surface area contributed by atoms with Crippen molar-refractivity contribution < 1.29 is 14.1 Å². The number of benzene rings is 1. The lowest BCUT2D eigenvalue weighted by Gasteiger charge is -2.02. The molecule has 0 saturated carbocycles. The summed E-state index contributed by atoms with van der Waals surface area (Å²) in [5.41, 5.74) is 1.90. The van der Waals surface area contributed by atoms with Crippen molar-refractivity contribution in [3.63, 3.8) is 0 Å². The standard InChI is InChI=1S/C15H17N3O3/c1-10(19)16-8-11-2-4-12(5-3-11)15-17-14(18-21-15)13-6-7-20-9-13/h2-5,13H,6-9H2,1H3,(H,16,19)/t13-/m1/s1. The molecule has 6 heteroatoms. The van der Waals surface area contributed by atoms with Crippen molar-refractivity contribution in [2.24, 2.45) is 0 Å². The van der Waals surface area contributed by atoms with Gasteiger partial charge < -0.3 is 14.6 Å². The van der Waals surface area contributed by atoms with Crippen LogP contribution in [-0.4, -0.2) is 29.3 Å². The first-order valence-electron chi connectivity index (χ1n) is 6.97. The lowest BCUT2D eigenvalue weighted by atomic mass is 10.1. The summed E-state index contributed by atoms with van der Waals surface area (Å²) in [7, 11) is 0. The molecule has 0 radical (unpaired) electrons. The van der Waals surface area contributed by atoms with Crippen LogP contribution in [0.25, 0.3) is 11.5 Å². The largest absolute Gasteiger partial charge is 0.381 e. The molecular formula is C15H17N3O3. The van der Waals surface area contributed by atoms with Crippen LogP contribution in [0.2, 0.25) is 0 Å². The van der Waals surface area contributed by atoms with E-state index in [1.54, 1.807) is 0 Å². The number of amides is 1. The molecule has 1 aromatic carbocycles. The summed E-state index contributed by atoms with van der Waals surface area (Å²) in [5.74, 6) is 1.42. The van der Waals surface area contributed by atoms with Crippen molar-refractivity contribution >= 4 is 5.91 Å². The fourth-order valence-corrected chi connectivity index (χ4v) is 2.25. The SMILES string of the molecule is CC(=O)NCc1ccc(-c2nc([C@@H]3CCOC3)no2)cc1. The summed E-state index contributed by atoms with van der Waals surface area (Å²) < 4.78 is 10.6. The highest BCUT2D eigenvalue weighted by molar-refractivity contribution is 5.72. The Morgan fingerprint density at radius 3 is 2.86 bits per heavy atom. The maximum atomic E-state index is 10.9. The number of carbonyl (C=O) groups is 1. The smallest absolute Gasteiger partial charge is 0.257 e. The molecule has 1 atom stereocenters. The first-order chi connectivity index (χ1) is 10.2. The van der Waals surface area contributed by atoms with Gasteiger partial charge >= 0.3 is 0 Å². The quantitative estimate of drug-likeness (QED) is 0.929. The van der Waals surface area contributed by atoms with Gasteiger partial charge in [0, 0.05) is 31.6 Å². The van der Waals surface area contributed by atoms with Crippen LogP contribution >= 0.6 is 0 Å². The van der Waals surface area contributed by atoms with Crippen molar-refractivity contribution in [1.29, 1.82) is 0 Å². The van der Waals surface area contributed by atoms with E-state index in [2.05, 4.69) is 15.5 Å².